The molecule has 0 amide bonds. The van der Waals surface area contributed by atoms with Crippen LogP contribution in [-0.2, 0) is 14.3 Å². The first-order valence-corrected chi connectivity index (χ1v) is 10.1. The van der Waals surface area contributed by atoms with Gasteiger partial charge in [0, 0.05) is 30.6 Å². The molecule has 4 rings (SSSR count). The van der Waals surface area contributed by atoms with Gasteiger partial charge in [-0.25, -0.2) is 8.78 Å². The fraction of sp³-hybridized carbons (Fsp3) is 0.667. The number of carbonyl (C=O) groups is 1. The molecular formula is C21H27F2NO3. The van der Waals surface area contributed by atoms with E-state index in [1.165, 1.54) is 12.1 Å². The minimum absolute atomic E-state index is 0.210. The van der Waals surface area contributed by atoms with Gasteiger partial charge in [-0.3, -0.25) is 9.69 Å². The molecule has 0 N–H and O–H groups in total. The zero-order valence-corrected chi connectivity index (χ0v) is 15.7. The van der Waals surface area contributed by atoms with E-state index in [9.17, 15) is 13.6 Å². The van der Waals surface area contributed by atoms with E-state index in [1.807, 2.05) is 6.92 Å². The first kappa shape index (κ1) is 18.8. The second kappa shape index (κ2) is 7.84. The summed E-state index contributed by atoms with van der Waals surface area (Å²) in [5, 5.41) is 0. The number of halogens is 2. The second-order valence-corrected chi connectivity index (χ2v) is 8.07. The predicted molar refractivity (Wildman–Crippen MR) is 96.3 cm³/mol. The van der Waals surface area contributed by atoms with Crippen LogP contribution in [0.25, 0.3) is 0 Å². The maximum atomic E-state index is 14.5. The highest BCUT2D eigenvalue weighted by molar-refractivity contribution is 5.74. The summed E-state index contributed by atoms with van der Waals surface area (Å²) in [5.74, 6) is -2.07. The summed E-state index contributed by atoms with van der Waals surface area (Å²) in [5.41, 5.74) is 0.428. The summed E-state index contributed by atoms with van der Waals surface area (Å²) in [6.07, 6.45) is 4.46. The zero-order valence-electron chi connectivity index (χ0n) is 15.7. The van der Waals surface area contributed by atoms with Crippen LogP contribution in [0.15, 0.2) is 18.2 Å². The van der Waals surface area contributed by atoms with Crippen molar-refractivity contribution in [3.8, 4) is 0 Å². The second-order valence-electron chi connectivity index (χ2n) is 8.07. The van der Waals surface area contributed by atoms with Crippen molar-refractivity contribution < 1.29 is 23.0 Å². The van der Waals surface area contributed by atoms with Crippen molar-refractivity contribution in [2.24, 2.45) is 5.92 Å². The summed E-state index contributed by atoms with van der Waals surface area (Å²) in [7, 11) is 0. The Morgan fingerprint density at radius 2 is 2.11 bits per heavy atom. The largest absolute Gasteiger partial charge is 0.465 e. The third-order valence-corrected chi connectivity index (χ3v) is 6.36. The summed E-state index contributed by atoms with van der Waals surface area (Å²) >= 11 is 0. The summed E-state index contributed by atoms with van der Waals surface area (Å²) < 4.78 is 39.0. The van der Waals surface area contributed by atoms with E-state index in [4.69, 9.17) is 9.47 Å². The normalized spacial score (nSPS) is 32.9. The average Bonchev–Trinajstić information content (AvgIpc) is 3.37. The van der Waals surface area contributed by atoms with E-state index < -0.39 is 11.6 Å². The quantitative estimate of drug-likeness (QED) is 0.559. The van der Waals surface area contributed by atoms with E-state index >= 15 is 0 Å². The smallest absolute Gasteiger partial charge is 0.309 e. The van der Waals surface area contributed by atoms with Crippen molar-refractivity contribution in [3.63, 3.8) is 0 Å². The molecule has 27 heavy (non-hydrogen) atoms. The van der Waals surface area contributed by atoms with Crippen LogP contribution in [0.3, 0.4) is 0 Å². The van der Waals surface area contributed by atoms with Gasteiger partial charge in [0.25, 0.3) is 0 Å². The van der Waals surface area contributed by atoms with Crippen molar-refractivity contribution in [1.82, 2.24) is 4.90 Å². The number of likely N-dealkylation sites (tertiary alicyclic amines) is 1. The molecule has 0 spiro atoms. The molecule has 148 valence electrons. The van der Waals surface area contributed by atoms with E-state index in [2.05, 4.69) is 4.90 Å². The fourth-order valence-electron chi connectivity index (χ4n) is 4.99. The van der Waals surface area contributed by atoms with Gasteiger partial charge < -0.3 is 9.47 Å². The van der Waals surface area contributed by atoms with Crippen molar-refractivity contribution in [2.45, 2.75) is 63.1 Å². The molecule has 3 fully saturated rings. The number of unbranched alkanes of at least 4 members (excludes halogenated alkanes) is 1. The number of hydrogen-bond acceptors (Lipinski definition) is 4. The zero-order chi connectivity index (χ0) is 19.0. The molecule has 5 atom stereocenters. The molecule has 2 heterocycles. The van der Waals surface area contributed by atoms with Crippen molar-refractivity contribution >= 4 is 5.97 Å². The number of morpholine rings is 1. The van der Waals surface area contributed by atoms with Crippen LogP contribution in [0.2, 0.25) is 0 Å². The maximum absolute atomic E-state index is 14.5. The van der Waals surface area contributed by atoms with Gasteiger partial charge in [-0.2, -0.15) is 0 Å². The Hall–Kier alpha value is -1.53. The van der Waals surface area contributed by atoms with Crippen LogP contribution in [0.5, 0.6) is 0 Å². The topological polar surface area (TPSA) is 38.8 Å². The number of fused-ring (bicyclic) bond motifs is 2. The van der Waals surface area contributed by atoms with Crippen LogP contribution in [0.1, 0.15) is 50.5 Å². The van der Waals surface area contributed by atoms with E-state index in [1.54, 1.807) is 0 Å². The Balaban J connectivity index is 1.54. The molecule has 0 unspecified atom stereocenters. The molecular weight excluding hydrogens is 352 g/mol. The Bertz CT molecular complexity index is 698. The lowest BCUT2D eigenvalue weighted by Gasteiger charge is -2.32. The number of carbonyl (C=O) groups excluding carboxylic acids is 1. The SMILES string of the molecule is CCCCOC(=O)[C@@H]1C[C@@H](N2C[C@@H]3C[C@H]2CO3)C[C@H]1c1ccc(F)cc1F. The van der Waals surface area contributed by atoms with Gasteiger partial charge in [-0.05, 0) is 37.3 Å². The van der Waals surface area contributed by atoms with Gasteiger partial charge in [-0.1, -0.05) is 19.4 Å². The van der Waals surface area contributed by atoms with Crippen molar-refractivity contribution in [3.05, 3.63) is 35.4 Å². The molecule has 0 radical (unpaired) electrons. The Labute approximate surface area is 158 Å². The average molecular weight is 379 g/mol. The van der Waals surface area contributed by atoms with Crippen LogP contribution in [0, 0.1) is 17.6 Å². The third kappa shape index (κ3) is 3.74. The summed E-state index contributed by atoms with van der Waals surface area (Å²) in [6, 6.07) is 4.28. The molecule has 2 saturated heterocycles. The highest BCUT2D eigenvalue weighted by Crippen LogP contribution is 2.46. The number of ether oxygens (including phenoxy) is 2. The van der Waals surface area contributed by atoms with Crippen molar-refractivity contribution in [1.29, 1.82) is 0 Å². The Morgan fingerprint density at radius 3 is 2.78 bits per heavy atom. The van der Waals surface area contributed by atoms with Gasteiger partial charge in [0.2, 0.25) is 0 Å². The first-order chi connectivity index (χ1) is 13.1. The van der Waals surface area contributed by atoms with Gasteiger partial charge in [0.1, 0.15) is 11.6 Å². The molecule has 1 aromatic rings. The number of esters is 1. The standard InChI is InChI=1S/C21H27F2NO3/c1-2-3-6-26-21(25)19-10-14(24-11-16-8-15(24)12-27-16)9-18(19)17-5-4-13(22)7-20(17)23/h4-5,7,14-16,18-19H,2-3,6,8-12H2,1H3/t14-,15-,16-,18-,19+/m0/s1. The first-order valence-electron chi connectivity index (χ1n) is 10.1. The maximum Gasteiger partial charge on any atom is 0.309 e. The monoisotopic (exact) mass is 379 g/mol. The molecule has 1 saturated carbocycles. The van der Waals surface area contributed by atoms with Crippen LogP contribution in [0.4, 0.5) is 8.78 Å². The Kier molecular flexibility index (Phi) is 5.46. The van der Waals surface area contributed by atoms with Gasteiger partial charge >= 0.3 is 5.97 Å². The molecule has 1 aromatic carbocycles. The predicted octanol–water partition coefficient (Wildman–Crippen LogP) is 3.64. The molecule has 0 aromatic heterocycles. The Morgan fingerprint density at radius 1 is 1.26 bits per heavy atom. The van der Waals surface area contributed by atoms with Gasteiger partial charge in [0.05, 0.1) is 25.2 Å². The third-order valence-electron chi connectivity index (χ3n) is 6.36. The van der Waals surface area contributed by atoms with Crippen molar-refractivity contribution in [2.75, 3.05) is 19.8 Å². The van der Waals surface area contributed by atoms with E-state index in [-0.39, 0.29) is 30.0 Å². The van der Waals surface area contributed by atoms with Crippen LogP contribution in [-0.4, -0.2) is 48.8 Å². The number of benzene rings is 1. The van der Waals surface area contributed by atoms with E-state index in [0.717, 1.165) is 38.5 Å². The molecule has 1 aliphatic carbocycles. The van der Waals surface area contributed by atoms with E-state index in [0.29, 0.717) is 31.1 Å². The molecule has 3 aliphatic rings. The lowest BCUT2D eigenvalue weighted by atomic mass is 9.88. The minimum atomic E-state index is -0.595. The molecule has 2 aliphatic heterocycles. The number of hydrogen-bond donors (Lipinski definition) is 0. The van der Waals surface area contributed by atoms with Crippen LogP contribution < -0.4 is 0 Å². The molecule has 6 heteroatoms. The highest BCUT2D eigenvalue weighted by atomic mass is 19.1. The molecule has 4 nitrogen and oxygen atoms in total. The van der Waals surface area contributed by atoms with Crippen LogP contribution >= 0.6 is 0 Å². The lowest BCUT2D eigenvalue weighted by molar-refractivity contribution is -0.149. The minimum Gasteiger partial charge on any atom is -0.465 e. The highest BCUT2D eigenvalue weighted by Gasteiger charge is 2.49. The van der Waals surface area contributed by atoms with Gasteiger partial charge in [0.15, 0.2) is 0 Å². The summed E-state index contributed by atoms with van der Waals surface area (Å²) in [4.78, 5) is 15.2. The number of nitrogens with zero attached hydrogens (tertiary/aromatic N) is 1. The summed E-state index contributed by atoms with van der Waals surface area (Å²) in [6.45, 7) is 4.06. The van der Waals surface area contributed by atoms with Gasteiger partial charge in [-0.15, -0.1) is 0 Å². The number of rotatable bonds is 6. The lowest BCUT2D eigenvalue weighted by Crippen LogP contribution is -2.43. The fourth-order valence-corrected chi connectivity index (χ4v) is 4.99. The molecule has 2 bridgehead atoms.